The highest BCUT2D eigenvalue weighted by atomic mass is 32.2. The molecule has 1 amide bonds. The van der Waals surface area contributed by atoms with Crippen LogP contribution in [0.2, 0.25) is 0 Å². The molecule has 0 saturated carbocycles. The Morgan fingerprint density at radius 2 is 2.38 bits per heavy atom. The molecular formula is C14H14N4O2S. The summed E-state index contributed by atoms with van der Waals surface area (Å²) in [5.41, 5.74) is 1.19. The number of pyridine rings is 1. The van der Waals surface area contributed by atoms with Gasteiger partial charge in [0.25, 0.3) is 5.56 Å². The van der Waals surface area contributed by atoms with Crippen LogP contribution in [-0.4, -0.2) is 26.2 Å². The van der Waals surface area contributed by atoms with Crippen molar-refractivity contribution in [3.63, 3.8) is 0 Å². The quantitative estimate of drug-likeness (QED) is 0.872. The Bertz CT molecular complexity index is 729. The topological polar surface area (TPSA) is 76.9 Å². The van der Waals surface area contributed by atoms with E-state index in [4.69, 9.17) is 0 Å². The molecule has 7 heteroatoms. The average Bonchev–Trinajstić information content (AvgIpc) is 2.87. The van der Waals surface area contributed by atoms with Crippen LogP contribution in [-0.2, 0) is 4.79 Å². The normalized spacial score (nSPS) is 16.5. The summed E-state index contributed by atoms with van der Waals surface area (Å²) in [5, 5.41) is 3.47. The van der Waals surface area contributed by atoms with E-state index in [0.717, 1.165) is 0 Å². The number of fused-ring (bicyclic) bond motifs is 1. The molecule has 1 N–H and O–H groups in total. The Hall–Kier alpha value is -2.15. The van der Waals surface area contributed by atoms with E-state index in [1.54, 1.807) is 42.2 Å². The van der Waals surface area contributed by atoms with Gasteiger partial charge in [0.1, 0.15) is 0 Å². The number of hydrogen-bond donors (Lipinski definition) is 1. The Labute approximate surface area is 125 Å². The Balaban J connectivity index is 1.75. The second-order valence-electron chi connectivity index (χ2n) is 4.86. The maximum atomic E-state index is 12.2. The lowest BCUT2D eigenvalue weighted by Crippen LogP contribution is -2.28. The molecule has 108 valence electrons. The fourth-order valence-electron chi connectivity index (χ4n) is 2.23. The molecule has 0 spiro atoms. The number of carbonyl (C=O) groups excluding carboxylic acids is 1. The van der Waals surface area contributed by atoms with Gasteiger partial charge >= 0.3 is 0 Å². The van der Waals surface area contributed by atoms with Gasteiger partial charge in [0.15, 0.2) is 5.16 Å². The number of nitrogens with zero attached hydrogens (tertiary/aromatic N) is 3. The Morgan fingerprint density at radius 1 is 1.52 bits per heavy atom. The van der Waals surface area contributed by atoms with Crippen molar-refractivity contribution in [2.45, 2.75) is 24.5 Å². The van der Waals surface area contributed by atoms with Crippen molar-refractivity contribution in [1.82, 2.24) is 14.5 Å². The second kappa shape index (κ2) is 5.69. The Morgan fingerprint density at radius 3 is 3.14 bits per heavy atom. The lowest BCUT2D eigenvalue weighted by molar-refractivity contribution is -0.116. The maximum Gasteiger partial charge on any atom is 0.257 e. The van der Waals surface area contributed by atoms with Crippen LogP contribution in [0.25, 0.3) is 0 Å². The molecule has 21 heavy (non-hydrogen) atoms. The molecule has 0 aliphatic carbocycles. The van der Waals surface area contributed by atoms with Gasteiger partial charge in [-0.15, -0.1) is 0 Å². The molecule has 0 saturated heterocycles. The standard InChI is InChI=1S/C14H14N4O2S/c1-9-6-16-14-18(13(9)20)11(8-21-14)5-12(19)17-10-3-2-4-15-7-10/h2-4,6-7,11H,5,8H2,1H3,(H,17,19)/t11-/m1/s1. The van der Waals surface area contributed by atoms with Gasteiger partial charge in [-0.05, 0) is 19.1 Å². The predicted octanol–water partition coefficient (Wildman–Crippen LogP) is 1.62. The van der Waals surface area contributed by atoms with Gasteiger partial charge in [0, 0.05) is 30.1 Å². The zero-order valence-electron chi connectivity index (χ0n) is 11.4. The molecule has 0 bridgehead atoms. The minimum absolute atomic E-state index is 0.0656. The molecule has 3 rings (SSSR count). The van der Waals surface area contributed by atoms with Gasteiger partial charge in [-0.3, -0.25) is 19.1 Å². The van der Waals surface area contributed by atoms with Gasteiger partial charge in [-0.2, -0.15) is 0 Å². The second-order valence-corrected chi connectivity index (χ2v) is 5.84. The molecular weight excluding hydrogens is 288 g/mol. The fourth-order valence-corrected chi connectivity index (χ4v) is 3.34. The number of thioether (sulfide) groups is 1. The molecule has 2 aromatic rings. The minimum atomic E-state index is -0.151. The number of aryl methyl sites for hydroxylation is 1. The summed E-state index contributed by atoms with van der Waals surface area (Å²) in [6.45, 7) is 1.73. The van der Waals surface area contributed by atoms with Crippen molar-refractivity contribution in [3.8, 4) is 0 Å². The number of carbonyl (C=O) groups is 1. The summed E-state index contributed by atoms with van der Waals surface area (Å²) in [5.74, 6) is 0.557. The van der Waals surface area contributed by atoms with Crippen molar-refractivity contribution in [2.24, 2.45) is 0 Å². The lowest BCUT2D eigenvalue weighted by Gasteiger charge is -2.13. The third-order valence-corrected chi connectivity index (χ3v) is 4.38. The van der Waals surface area contributed by atoms with E-state index in [9.17, 15) is 9.59 Å². The summed E-state index contributed by atoms with van der Waals surface area (Å²) >= 11 is 1.51. The predicted molar refractivity (Wildman–Crippen MR) is 80.5 cm³/mol. The largest absolute Gasteiger partial charge is 0.325 e. The minimum Gasteiger partial charge on any atom is -0.325 e. The molecule has 0 aromatic carbocycles. The monoisotopic (exact) mass is 302 g/mol. The van der Waals surface area contributed by atoms with Crippen LogP contribution >= 0.6 is 11.8 Å². The first-order valence-corrected chi connectivity index (χ1v) is 7.54. The van der Waals surface area contributed by atoms with Gasteiger partial charge in [0.05, 0.1) is 17.9 Å². The number of rotatable bonds is 3. The van der Waals surface area contributed by atoms with E-state index < -0.39 is 0 Å². The Kier molecular flexibility index (Phi) is 3.74. The van der Waals surface area contributed by atoms with Crippen LogP contribution in [0.15, 0.2) is 40.7 Å². The molecule has 1 aliphatic rings. The first-order valence-electron chi connectivity index (χ1n) is 6.56. The van der Waals surface area contributed by atoms with Crippen molar-refractivity contribution in [3.05, 3.63) is 46.6 Å². The average molecular weight is 302 g/mol. The van der Waals surface area contributed by atoms with Crippen LogP contribution in [0, 0.1) is 6.92 Å². The van der Waals surface area contributed by atoms with E-state index in [0.29, 0.717) is 22.2 Å². The number of hydrogen-bond acceptors (Lipinski definition) is 5. The van der Waals surface area contributed by atoms with Crippen LogP contribution < -0.4 is 10.9 Å². The molecule has 1 atom stereocenters. The van der Waals surface area contributed by atoms with Crippen LogP contribution in [0.1, 0.15) is 18.0 Å². The highest BCUT2D eigenvalue weighted by Gasteiger charge is 2.27. The van der Waals surface area contributed by atoms with E-state index in [1.807, 2.05) is 0 Å². The van der Waals surface area contributed by atoms with Crippen LogP contribution in [0.4, 0.5) is 5.69 Å². The molecule has 1 aliphatic heterocycles. The first-order chi connectivity index (χ1) is 10.1. The zero-order valence-corrected chi connectivity index (χ0v) is 12.3. The third kappa shape index (κ3) is 2.82. The smallest absolute Gasteiger partial charge is 0.257 e. The SMILES string of the molecule is Cc1cnc2n(c1=O)[C@H](CC(=O)Nc1cccnc1)CS2. The van der Waals surface area contributed by atoms with Gasteiger partial charge < -0.3 is 5.32 Å². The molecule has 2 aromatic heterocycles. The highest BCUT2D eigenvalue weighted by molar-refractivity contribution is 7.99. The van der Waals surface area contributed by atoms with Gasteiger partial charge in [-0.25, -0.2) is 4.98 Å². The van der Waals surface area contributed by atoms with Crippen LogP contribution in [0.5, 0.6) is 0 Å². The van der Waals surface area contributed by atoms with E-state index in [2.05, 4.69) is 15.3 Å². The zero-order chi connectivity index (χ0) is 14.8. The summed E-state index contributed by atoms with van der Waals surface area (Å²) in [6, 6.07) is 3.38. The number of nitrogens with one attached hydrogen (secondary N) is 1. The summed E-state index contributed by atoms with van der Waals surface area (Å²) in [6.07, 6.45) is 5.07. The summed E-state index contributed by atoms with van der Waals surface area (Å²) < 4.78 is 1.63. The van der Waals surface area contributed by atoms with E-state index in [1.165, 1.54) is 11.8 Å². The summed E-state index contributed by atoms with van der Waals surface area (Å²) in [7, 11) is 0. The number of aromatic nitrogens is 3. The molecule has 3 heterocycles. The van der Waals surface area contributed by atoms with Crippen molar-refractivity contribution in [2.75, 3.05) is 11.1 Å². The summed E-state index contributed by atoms with van der Waals surface area (Å²) in [4.78, 5) is 32.5. The van der Waals surface area contributed by atoms with Crippen LogP contribution in [0.3, 0.4) is 0 Å². The lowest BCUT2D eigenvalue weighted by atomic mass is 10.2. The molecule has 0 radical (unpaired) electrons. The first kappa shape index (κ1) is 13.8. The third-order valence-electron chi connectivity index (χ3n) is 3.27. The molecule has 6 nitrogen and oxygen atoms in total. The molecule has 0 unspecified atom stereocenters. The highest BCUT2D eigenvalue weighted by Crippen LogP contribution is 2.31. The van der Waals surface area contributed by atoms with Crippen molar-refractivity contribution >= 4 is 23.4 Å². The van der Waals surface area contributed by atoms with Crippen molar-refractivity contribution in [1.29, 1.82) is 0 Å². The van der Waals surface area contributed by atoms with Crippen molar-refractivity contribution < 1.29 is 4.79 Å². The molecule has 0 fully saturated rings. The number of amides is 1. The van der Waals surface area contributed by atoms with E-state index >= 15 is 0 Å². The maximum absolute atomic E-state index is 12.2. The fraction of sp³-hybridized carbons (Fsp3) is 0.286. The van der Waals surface area contributed by atoms with Gasteiger partial charge in [0.2, 0.25) is 5.91 Å². The number of anilines is 1. The van der Waals surface area contributed by atoms with Gasteiger partial charge in [-0.1, -0.05) is 11.8 Å². The van der Waals surface area contributed by atoms with E-state index in [-0.39, 0.29) is 23.9 Å².